The molecule has 0 saturated heterocycles. The van der Waals surface area contributed by atoms with Gasteiger partial charge in [0.05, 0.1) is 17.2 Å². The molecule has 1 rings (SSSR count). The van der Waals surface area contributed by atoms with Gasteiger partial charge in [0.15, 0.2) is 0 Å². The van der Waals surface area contributed by atoms with E-state index in [9.17, 15) is 4.79 Å². The number of aryl methyl sites for hydroxylation is 1. The molecule has 90 valence electrons. The minimum atomic E-state index is 0.0423. The Labute approximate surface area is 100 Å². The molecule has 1 unspecified atom stereocenters. The van der Waals surface area contributed by atoms with Crippen molar-refractivity contribution in [1.82, 2.24) is 15.6 Å². The second-order valence-corrected chi connectivity index (χ2v) is 4.81. The zero-order valence-corrected chi connectivity index (χ0v) is 10.9. The number of hydrogen-bond acceptors (Lipinski definition) is 4. The first-order valence-electron chi connectivity index (χ1n) is 5.55. The lowest BCUT2D eigenvalue weighted by Crippen LogP contribution is -2.35. The fourth-order valence-electron chi connectivity index (χ4n) is 1.26. The Morgan fingerprint density at radius 1 is 1.62 bits per heavy atom. The standard InChI is InChI=1S/C11H19N3OS/c1-4-5-12-11(15)6-13-8(2)10-7-16-9(3)14-10/h7-8,13H,4-6H2,1-3H3,(H,12,15). The van der Waals surface area contributed by atoms with Gasteiger partial charge in [0, 0.05) is 18.0 Å². The summed E-state index contributed by atoms with van der Waals surface area (Å²) in [4.78, 5) is 15.7. The average molecular weight is 241 g/mol. The van der Waals surface area contributed by atoms with Crippen molar-refractivity contribution in [2.24, 2.45) is 0 Å². The van der Waals surface area contributed by atoms with Gasteiger partial charge >= 0.3 is 0 Å². The Morgan fingerprint density at radius 2 is 2.38 bits per heavy atom. The first-order chi connectivity index (χ1) is 7.63. The highest BCUT2D eigenvalue weighted by molar-refractivity contribution is 7.09. The van der Waals surface area contributed by atoms with Crippen molar-refractivity contribution in [3.05, 3.63) is 16.1 Å². The molecule has 1 amide bonds. The van der Waals surface area contributed by atoms with E-state index in [1.807, 2.05) is 26.2 Å². The van der Waals surface area contributed by atoms with Crippen molar-refractivity contribution in [2.45, 2.75) is 33.2 Å². The minimum Gasteiger partial charge on any atom is -0.355 e. The Kier molecular flexibility index (Phi) is 5.42. The summed E-state index contributed by atoms with van der Waals surface area (Å²) in [6, 6.07) is 0.123. The normalized spacial score (nSPS) is 12.4. The molecule has 0 radical (unpaired) electrons. The number of rotatable bonds is 6. The van der Waals surface area contributed by atoms with Gasteiger partial charge in [0.2, 0.25) is 5.91 Å². The Hall–Kier alpha value is -0.940. The molecule has 0 saturated carbocycles. The molecule has 0 bridgehead atoms. The zero-order valence-electron chi connectivity index (χ0n) is 10.0. The summed E-state index contributed by atoms with van der Waals surface area (Å²) < 4.78 is 0. The predicted octanol–water partition coefficient (Wildman–Crippen LogP) is 1.63. The monoisotopic (exact) mass is 241 g/mol. The average Bonchev–Trinajstić information content (AvgIpc) is 2.69. The maximum Gasteiger partial charge on any atom is 0.233 e. The molecule has 0 spiro atoms. The summed E-state index contributed by atoms with van der Waals surface area (Å²) in [5, 5.41) is 9.06. The van der Waals surface area contributed by atoms with Gasteiger partial charge in [-0.05, 0) is 20.3 Å². The second kappa shape index (κ2) is 6.60. The van der Waals surface area contributed by atoms with Crippen LogP contribution in [0.1, 0.15) is 37.0 Å². The van der Waals surface area contributed by atoms with E-state index in [2.05, 4.69) is 15.6 Å². The molecule has 4 nitrogen and oxygen atoms in total. The lowest BCUT2D eigenvalue weighted by molar-refractivity contribution is -0.120. The van der Waals surface area contributed by atoms with Crippen LogP contribution in [0.3, 0.4) is 0 Å². The third-order valence-corrected chi connectivity index (χ3v) is 3.01. The molecule has 0 fully saturated rings. The van der Waals surface area contributed by atoms with Crippen molar-refractivity contribution in [1.29, 1.82) is 0 Å². The molecule has 5 heteroatoms. The summed E-state index contributed by atoms with van der Waals surface area (Å²) in [6.07, 6.45) is 0.965. The molecular formula is C11H19N3OS. The molecule has 2 N–H and O–H groups in total. The third kappa shape index (κ3) is 4.28. The number of carbonyl (C=O) groups is 1. The van der Waals surface area contributed by atoms with Gasteiger partial charge in [-0.25, -0.2) is 4.98 Å². The van der Waals surface area contributed by atoms with E-state index in [4.69, 9.17) is 0 Å². The number of nitrogens with zero attached hydrogens (tertiary/aromatic N) is 1. The van der Waals surface area contributed by atoms with Crippen LogP contribution in [0.4, 0.5) is 0 Å². The van der Waals surface area contributed by atoms with E-state index in [0.29, 0.717) is 6.54 Å². The number of hydrogen-bond donors (Lipinski definition) is 2. The molecule has 1 atom stereocenters. The molecule has 0 aromatic carbocycles. The smallest absolute Gasteiger partial charge is 0.233 e. The van der Waals surface area contributed by atoms with Crippen molar-refractivity contribution in [3.8, 4) is 0 Å². The van der Waals surface area contributed by atoms with Crippen molar-refractivity contribution in [3.63, 3.8) is 0 Å². The second-order valence-electron chi connectivity index (χ2n) is 3.74. The summed E-state index contributed by atoms with van der Waals surface area (Å²) in [7, 11) is 0. The molecule has 1 aromatic rings. The van der Waals surface area contributed by atoms with Crippen molar-refractivity contribution < 1.29 is 4.79 Å². The third-order valence-electron chi connectivity index (χ3n) is 2.22. The molecule has 0 aliphatic heterocycles. The Balaban J connectivity index is 2.29. The maximum atomic E-state index is 11.4. The lowest BCUT2D eigenvalue weighted by Gasteiger charge is -2.11. The minimum absolute atomic E-state index is 0.0423. The molecule has 0 aliphatic carbocycles. The summed E-state index contributed by atoms with van der Waals surface area (Å²) in [5.41, 5.74) is 1.01. The molecule has 0 aliphatic rings. The number of thiazole rings is 1. The van der Waals surface area contributed by atoms with E-state index in [-0.39, 0.29) is 11.9 Å². The highest BCUT2D eigenvalue weighted by atomic mass is 32.1. The lowest BCUT2D eigenvalue weighted by atomic mass is 10.2. The fraction of sp³-hybridized carbons (Fsp3) is 0.636. The van der Waals surface area contributed by atoms with Crippen LogP contribution in [0, 0.1) is 6.92 Å². The quantitative estimate of drug-likeness (QED) is 0.796. The van der Waals surface area contributed by atoms with Crippen molar-refractivity contribution in [2.75, 3.05) is 13.1 Å². The highest BCUT2D eigenvalue weighted by Gasteiger charge is 2.09. The van der Waals surface area contributed by atoms with Gasteiger partial charge in [-0.1, -0.05) is 6.92 Å². The molecule has 1 heterocycles. The predicted molar refractivity (Wildman–Crippen MR) is 66.6 cm³/mol. The Morgan fingerprint density at radius 3 is 2.94 bits per heavy atom. The van der Waals surface area contributed by atoms with Gasteiger partial charge in [-0.3, -0.25) is 4.79 Å². The maximum absolute atomic E-state index is 11.4. The van der Waals surface area contributed by atoms with Gasteiger partial charge in [-0.2, -0.15) is 0 Å². The highest BCUT2D eigenvalue weighted by Crippen LogP contribution is 2.15. The Bertz CT molecular complexity index is 338. The SMILES string of the molecule is CCCNC(=O)CNC(C)c1csc(C)n1. The molecular weight excluding hydrogens is 222 g/mol. The van der Waals surface area contributed by atoms with Gasteiger partial charge < -0.3 is 10.6 Å². The van der Waals surface area contributed by atoms with Crippen LogP contribution in [-0.2, 0) is 4.79 Å². The zero-order chi connectivity index (χ0) is 12.0. The molecule has 1 aromatic heterocycles. The van der Waals surface area contributed by atoms with E-state index in [0.717, 1.165) is 23.7 Å². The van der Waals surface area contributed by atoms with E-state index >= 15 is 0 Å². The molecule has 16 heavy (non-hydrogen) atoms. The summed E-state index contributed by atoms with van der Waals surface area (Å²) in [5.74, 6) is 0.0423. The number of amides is 1. The first kappa shape index (κ1) is 13.1. The first-order valence-corrected chi connectivity index (χ1v) is 6.43. The topological polar surface area (TPSA) is 54.0 Å². The summed E-state index contributed by atoms with van der Waals surface area (Å²) in [6.45, 7) is 7.12. The van der Waals surface area contributed by atoms with Crippen LogP contribution >= 0.6 is 11.3 Å². The van der Waals surface area contributed by atoms with Crippen LogP contribution in [0.2, 0.25) is 0 Å². The van der Waals surface area contributed by atoms with Crippen LogP contribution in [0.15, 0.2) is 5.38 Å². The van der Waals surface area contributed by atoms with Crippen molar-refractivity contribution >= 4 is 17.2 Å². The number of carbonyl (C=O) groups excluding carboxylic acids is 1. The van der Waals surface area contributed by atoms with E-state index < -0.39 is 0 Å². The fourth-order valence-corrected chi connectivity index (χ4v) is 1.96. The van der Waals surface area contributed by atoms with Gasteiger partial charge in [0.25, 0.3) is 0 Å². The van der Waals surface area contributed by atoms with Gasteiger partial charge in [-0.15, -0.1) is 11.3 Å². The van der Waals surface area contributed by atoms with Crippen LogP contribution in [0.5, 0.6) is 0 Å². The van der Waals surface area contributed by atoms with Crippen LogP contribution in [-0.4, -0.2) is 24.0 Å². The largest absolute Gasteiger partial charge is 0.355 e. The summed E-state index contributed by atoms with van der Waals surface area (Å²) >= 11 is 1.63. The number of nitrogens with one attached hydrogen (secondary N) is 2. The number of aromatic nitrogens is 1. The van der Waals surface area contributed by atoms with Gasteiger partial charge in [0.1, 0.15) is 0 Å². The van der Waals surface area contributed by atoms with E-state index in [1.165, 1.54) is 0 Å². The van der Waals surface area contributed by atoms with E-state index in [1.54, 1.807) is 11.3 Å². The van der Waals surface area contributed by atoms with Crippen LogP contribution in [0.25, 0.3) is 0 Å². The van der Waals surface area contributed by atoms with Crippen LogP contribution < -0.4 is 10.6 Å².